The topological polar surface area (TPSA) is 111 Å². The Bertz CT molecular complexity index is 1830. The number of alkyl halides is 6. The van der Waals surface area contributed by atoms with E-state index >= 15 is 0 Å². The largest absolute Gasteiger partial charge is 0.573 e. The lowest BCUT2D eigenvalue weighted by Gasteiger charge is -2.17. The zero-order valence-electron chi connectivity index (χ0n) is 21.1. The van der Waals surface area contributed by atoms with Gasteiger partial charge < -0.3 is 9.47 Å². The fraction of sp³-hybridized carbons (Fsp3) is 0.0769. The van der Waals surface area contributed by atoms with Crippen LogP contribution in [0.15, 0.2) is 105 Å². The molecule has 4 aromatic rings. The zero-order chi connectivity index (χ0) is 31.6. The molecule has 0 fully saturated rings. The molecule has 0 aromatic heterocycles. The molecule has 0 saturated heterocycles. The fourth-order valence-corrected chi connectivity index (χ4v) is 6.16. The number of nitrogens with one attached hydrogen (secondary N) is 2. The molecular weight excluding hydrogens is 694 g/mol. The van der Waals surface area contributed by atoms with E-state index in [4.69, 9.17) is 0 Å². The molecule has 0 aliphatic carbocycles. The van der Waals surface area contributed by atoms with Gasteiger partial charge in [-0.2, -0.15) is 0 Å². The van der Waals surface area contributed by atoms with Gasteiger partial charge >= 0.3 is 12.7 Å². The summed E-state index contributed by atoms with van der Waals surface area (Å²) in [4.78, 5) is -0.934. The van der Waals surface area contributed by atoms with Crippen molar-refractivity contribution < 1.29 is 52.7 Å². The van der Waals surface area contributed by atoms with Crippen molar-refractivity contribution in [3.8, 4) is 22.6 Å². The summed E-state index contributed by atoms with van der Waals surface area (Å²) in [6, 6.07) is 17.5. The maximum absolute atomic E-state index is 13.2. The van der Waals surface area contributed by atoms with Crippen LogP contribution in [0.4, 0.5) is 37.7 Å². The molecule has 4 aromatic carbocycles. The van der Waals surface area contributed by atoms with E-state index in [-0.39, 0.29) is 11.4 Å². The molecule has 0 amide bonds. The lowest BCUT2D eigenvalue weighted by atomic mass is 10.0. The van der Waals surface area contributed by atoms with Gasteiger partial charge in [0, 0.05) is 4.47 Å². The first-order valence-electron chi connectivity index (χ1n) is 11.6. The summed E-state index contributed by atoms with van der Waals surface area (Å²) in [6.45, 7) is 0. The number of hydrogen-bond acceptors (Lipinski definition) is 6. The first-order valence-corrected chi connectivity index (χ1v) is 15.3. The SMILES string of the molecule is O=S(=O)(Nc1ccc(-c2cccc(Br)c2)cc1NS(=O)(=O)c1ccc(OC(F)(F)F)cc1)c1ccc(OC(F)(F)F)cc1. The van der Waals surface area contributed by atoms with Crippen molar-refractivity contribution in [3.05, 3.63) is 95.5 Å². The Balaban J connectivity index is 1.69. The van der Waals surface area contributed by atoms with Crippen molar-refractivity contribution in [2.75, 3.05) is 9.44 Å². The third-order valence-electron chi connectivity index (χ3n) is 5.40. The van der Waals surface area contributed by atoms with Crippen LogP contribution in [0.3, 0.4) is 0 Å². The van der Waals surface area contributed by atoms with E-state index in [1.54, 1.807) is 24.3 Å². The highest BCUT2D eigenvalue weighted by Gasteiger charge is 2.32. The number of hydrogen-bond donors (Lipinski definition) is 2. The van der Waals surface area contributed by atoms with Crippen LogP contribution in [-0.2, 0) is 20.0 Å². The number of anilines is 2. The Morgan fingerprint density at radius 1 is 0.558 bits per heavy atom. The number of ether oxygens (including phenoxy) is 2. The van der Waals surface area contributed by atoms with E-state index in [1.807, 2.05) is 0 Å². The van der Waals surface area contributed by atoms with Gasteiger partial charge in [0.25, 0.3) is 20.0 Å². The predicted molar refractivity (Wildman–Crippen MR) is 147 cm³/mol. The lowest BCUT2D eigenvalue weighted by Crippen LogP contribution is -2.19. The number of rotatable bonds is 9. The van der Waals surface area contributed by atoms with Crippen LogP contribution in [-0.4, -0.2) is 29.6 Å². The van der Waals surface area contributed by atoms with Gasteiger partial charge in [0.05, 0.1) is 21.2 Å². The summed E-state index contributed by atoms with van der Waals surface area (Å²) in [7, 11) is -8.98. The average Bonchev–Trinajstić information content (AvgIpc) is 2.88. The number of sulfonamides is 2. The Labute approximate surface area is 249 Å². The van der Waals surface area contributed by atoms with Crippen molar-refractivity contribution in [1.82, 2.24) is 0 Å². The fourth-order valence-electron chi connectivity index (χ4n) is 3.61. The van der Waals surface area contributed by atoms with Gasteiger partial charge in [-0.25, -0.2) is 16.8 Å². The molecule has 0 unspecified atom stereocenters. The van der Waals surface area contributed by atoms with Crippen molar-refractivity contribution >= 4 is 47.4 Å². The van der Waals surface area contributed by atoms with Crippen LogP contribution in [0.25, 0.3) is 11.1 Å². The standard InChI is InChI=1S/C26H17BrF6N2O6S2/c27-18-3-1-2-16(14-18)17-4-13-23(34-42(36,37)21-9-5-19(6-10-21)40-25(28,29)30)24(15-17)35-43(38,39)22-11-7-20(8-12-22)41-26(31,32)33/h1-15,34-35H. The normalized spacial score (nSPS) is 12.4. The second kappa shape index (κ2) is 12.0. The average molecular weight is 711 g/mol. The highest BCUT2D eigenvalue weighted by Crippen LogP contribution is 2.34. The second-order valence-electron chi connectivity index (χ2n) is 8.52. The number of benzene rings is 4. The van der Waals surface area contributed by atoms with E-state index in [0.717, 1.165) is 48.5 Å². The predicted octanol–water partition coefficient (Wildman–Crippen LogP) is 7.51. The lowest BCUT2D eigenvalue weighted by molar-refractivity contribution is -0.275. The summed E-state index contributed by atoms with van der Waals surface area (Å²) in [5, 5.41) is 0. The van der Waals surface area contributed by atoms with Crippen LogP contribution in [0.2, 0.25) is 0 Å². The van der Waals surface area contributed by atoms with Crippen molar-refractivity contribution in [3.63, 3.8) is 0 Å². The molecule has 0 saturated carbocycles. The molecule has 2 N–H and O–H groups in total. The summed E-state index contributed by atoms with van der Waals surface area (Å²) in [6.07, 6.45) is -9.99. The van der Waals surface area contributed by atoms with Crippen LogP contribution in [0.5, 0.6) is 11.5 Å². The van der Waals surface area contributed by atoms with Crippen LogP contribution in [0.1, 0.15) is 0 Å². The minimum Gasteiger partial charge on any atom is -0.406 e. The molecule has 17 heteroatoms. The first kappa shape index (κ1) is 32.0. The quantitative estimate of drug-likeness (QED) is 0.174. The van der Waals surface area contributed by atoms with Gasteiger partial charge in [0.1, 0.15) is 11.5 Å². The summed E-state index contributed by atoms with van der Waals surface area (Å²) >= 11 is 3.33. The summed E-state index contributed by atoms with van der Waals surface area (Å²) in [5.74, 6) is -1.33. The van der Waals surface area contributed by atoms with Gasteiger partial charge in [0.15, 0.2) is 0 Å². The molecule has 0 aliphatic rings. The van der Waals surface area contributed by atoms with Crippen LogP contribution < -0.4 is 18.9 Å². The van der Waals surface area contributed by atoms with Gasteiger partial charge in [0.2, 0.25) is 0 Å². The minimum atomic E-state index is -5.00. The summed E-state index contributed by atoms with van der Waals surface area (Å²) < 4.78 is 140. The third kappa shape index (κ3) is 8.77. The Morgan fingerprint density at radius 2 is 1.00 bits per heavy atom. The maximum Gasteiger partial charge on any atom is 0.573 e. The zero-order valence-corrected chi connectivity index (χ0v) is 24.3. The maximum atomic E-state index is 13.2. The second-order valence-corrected chi connectivity index (χ2v) is 12.8. The molecule has 0 bridgehead atoms. The first-order chi connectivity index (χ1) is 19.9. The van der Waals surface area contributed by atoms with Crippen LogP contribution >= 0.6 is 15.9 Å². The van der Waals surface area contributed by atoms with E-state index in [2.05, 4.69) is 34.8 Å². The molecule has 0 radical (unpaired) electrons. The van der Waals surface area contributed by atoms with Gasteiger partial charge in [-0.05, 0) is 83.9 Å². The van der Waals surface area contributed by atoms with E-state index in [9.17, 15) is 43.2 Å². The minimum absolute atomic E-state index is 0.269. The van der Waals surface area contributed by atoms with Crippen molar-refractivity contribution in [1.29, 1.82) is 0 Å². The monoisotopic (exact) mass is 710 g/mol. The van der Waals surface area contributed by atoms with Crippen molar-refractivity contribution in [2.45, 2.75) is 22.5 Å². The van der Waals surface area contributed by atoms with Gasteiger partial charge in [-0.15, -0.1) is 26.3 Å². The highest BCUT2D eigenvalue weighted by molar-refractivity contribution is 9.10. The molecule has 0 atom stereocenters. The van der Waals surface area contributed by atoms with Gasteiger partial charge in [-0.3, -0.25) is 9.44 Å². The molecular formula is C26H17BrF6N2O6S2. The van der Waals surface area contributed by atoms with Crippen LogP contribution in [0, 0.1) is 0 Å². The third-order valence-corrected chi connectivity index (χ3v) is 8.66. The molecule has 0 spiro atoms. The highest BCUT2D eigenvalue weighted by atomic mass is 79.9. The van der Waals surface area contributed by atoms with Gasteiger partial charge in [-0.1, -0.05) is 34.1 Å². The Morgan fingerprint density at radius 3 is 1.44 bits per heavy atom. The Kier molecular flexibility index (Phi) is 8.90. The molecule has 228 valence electrons. The molecule has 0 heterocycles. The summed E-state index contributed by atoms with van der Waals surface area (Å²) in [5.41, 5.74) is 0.520. The van der Waals surface area contributed by atoms with E-state index in [1.165, 1.54) is 18.2 Å². The smallest absolute Gasteiger partial charge is 0.406 e. The molecule has 8 nitrogen and oxygen atoms in total. The number of halogens is 7. The molecule has 43 heavy (non-hydrogen) atoms. The van der Waals surface area contributed by atoms with E-state index < -0.39 is 54.1 Å². The van der Waals surface area contributed by atoms with E-state index in [0.29, 0.717) is 15.6 Å². The Hall–Kier alpha value is -3.96. The molecule has 4 rings (SSSR count). The molecule has 0 aliphatic heterocycles. The van der Waals surface area contributed by atoms with Crippen molar-refractivity contribution in [2.24, 2.45) is 0 Å².